The fourth-order valence-corrected chi connectivity index (χ4v) is 1.05. The average Bonchev–Trinajstić information content (AvgIpc) is 2.70. The van der Waals surface area contributed by atoms with Gasteiger partial charge in [0.1, 0.15) is 12.9 Å². The molecule has 0 spiro atoms. The van der Waals surface area contributed by atoms with E-state index in [4.69, 9.17) is 0 Å². The molecule has 1 aromatic heterocycles. The quantitative estimate of drug-likeness (QED) is 0.618. The van der Waals surface area contributed by atoms with Gasteiger partial charge >= 0.3 is 0 Å². The molecule has 16 heavy (non-hydrogen) atoms. The van der Waals surface area contributed by atoms with Crippen molar-refractivity contribution >= 4 is 18.3 Å². The summed E-state index contributed by atoms with van der Waals surface area (Å²) < 4.78 is 1.38. The Hall–Kier alpha value is -1.21. The summed E-state index contributed by atoms with van der Waals surface area (Å²) in [4.78, 5) is 11.3. The van der Waals surface area contributed by atoms with Gasteiger partial charge in [0.25, 0.3) is 0 Å². The van der Waals surface area contributed by atoms with Gasteiger partial charge in [0, 0.05) is 13.1 Å². The van der Waals surface area contributed by atoms with E-state index in [1.807, 2.05) is 0 Å². The molecule has 0 saturated carbocycles. The first-order valence-electron chi connectivity index (χ1n) is 5.01. The third-order valence-electron chi connectivity index (χ3n) is 1.75. The van der Waals surface area contributed by atoms with Crippen LogP contribution in [0.3, 0.4) is 0 Å². The number of hydrogen-bond acceptors (Lipinski definition) is 5. The molecule has 0 aliphatic carbocycles. The molecule has 1 amide bonds. The largest absolute Gasteiger partial charge is 0.353 e. The van der Waals surface area contributed by atoms with Crippen molar-refractivity contribution in [3.05, 3.63) is 6.33 Å². The van der Waals surface area contributed by atoms with Gasteiger partial charge in [-0.3, -0.25) is 4.79 Å². The first-order valence-corrected chi connectivity index (χ1v) is 5.01. The number of hydrogen-bond donors (Lipinski definition) is 2. The number of nitrogens with zero attached hydrogens (tertiary/aromatic N) is 4. The standard InChI is InChI=1S/C8H16N6O.ClH/c1-2-3-9-4-5-10-8(15)6-14-7-11-12-13-14;/h7,9H,2-6H2,1H3,(H,10,15);1H. The third-order valence-corrected chi connectivity index (χ3v) is 1.75. The van der Waals surface area contributed by atoms with Crippen LogP contribution in [-0.2, 0) is 11.3 Å². The minimum absolute atomic E-state index is 0. The molecule has 0 unspecified atom stereocenters. The smallest absolute Gasteiger partial charge is 0.241 e. The number of tetrazole rings is 1. The molecule has 0 bridgehead atoms. The number of rotatable bonds is 7. The van der Waals surface area contributed by atoms with Crippen LogP contribution in [0.4, 0.5) is 0 Å². The topological polar surface area (TPSA) is 84.7 Å². The highest BCUT2D eigenvalue weighted by Crippen LogP contribution is 1.77. The van der Waals surface area contributed by atoms with Crippen LogP contribution >= 0.6 is 12.4 Å². The number of halogens is 1. The predicted molar refractivity (Wildman–Crippen MR) is 61.2 cm³/mol. The van der Waals surface area contributed by atoms with Crippen molar-refractivity contribution in [1.82, 2.24) is 30.8 Å². The second-order valence-electron chi connectivity index (χ2n) is 3.11. The highest BCUT2D eigenvalue weighted by molar-refractivity contribution is 5.85. The lowest BCUT2D eigenvalue weighted by Gasteiger charge is -2.05. The van der Waals surface area contributed by atoms with Gasteiger partial charge in [-0.05, 0) is 23.4 Å². The van der Waals surface area contributed by atoms with E-state index < -0.39 is 0 Å². The Balaban J connectivity index is 0.00000225. The number of aromatic nitrogens is 4. The van der Waals surface area contributed by atoms with Gasteiger partial charge in [-0.2, -0.15) is 0 Å². The lowest BCUT2D eigenvalue weighted by Crippen LogP contribution is -2.34. The number of amides is 1. The van der Waals surface area contributed by atoms with Crippen LogP contribution in [0.1, 0.15) is 13.3 Å². The lowest BCUT2D eigenvalue weighted by atomic mass is 10.4. The van der Waals surface area contributed by atoms with Crippen LogP contribution in [0.2, 0.25) is 0 Å². The molecule has 0 saturated heterocycles. The minimum Gasteiger partial charge on any atom is -0.353 e. The minimum atomic E-state index is -0.0828. The van der Waals surface area contributed by atoms with E-state index >= 15 is 0 Å². The molecule has 0 radical (unpaired) electrons. The molecular weight excluding hydrogens is 232 g/mol. The number of carbonyl (C=O) groups is 1. The van der Waals surface area contributed by atoms with E-state index in [0.29, 0.717) is 6.54 Å². The molecule has 2 N–H and O–H groups in total. The Kier molecular flexibility index (Phi) is 8.36. The zero-order valence-corrected chi connectivity index (χ0v) is 10.0. The number of carbonyl (C=O) groups excluding carboxylic acids is 1. The summed E-state index contributed by atoms with van der Waals surface area (Å²) in [6, 6.07) is 0. The van der Waals surface area contributed by atoms with E-state index in [1.54, 1.807) is 0 Å². The van der Waals surface area contributed by atoms with Crippen molar-refractivity contribution in [1.29, 1.82) is 0 Å². The molecule has 1 rings (SSSR count). The second-order valence-corrected chi connectivity index (χ2v) is 3.11. The Bertz CT molecular complexity index is 278. The maximum Gasteiger partial charge on any atom is 0.241 e. The van der Waals surface area contributed by atoms with Crippen LogP contribution < -0.4 is 10.6 Å². The van der Waals surface area contributed by atoms with Crippen LogP contribution in [0.25, 0.3) is 0 Å². The van der Waals surface area contributed by atoms with Crippen molar-refractivity contribution in [3.8, 4) is 0 Å². The van der Waals surface area contributed by atoms with Gasteiger partial charge in [-0.25, -0.2) is 4.68 Å². The summed E-state index contributed by atoms with van der Waals surface area (Å²) in [5.74, 6) is -0.0828. The van der Waals surface area contributed by atoms with E-state index in [9.17, 15) is 4.79 Å². The van der Waals surface area contributed by atoms with Crippen molar-refractivity contribution in [2.45, 2.75) is 19.9 Å². The number of nitrogens with one attached hydrogen (secondary N) is 2. The maximum atomic E-state index is 11.3. The summed E-state index contributed by atoms with van der Waals surface area (Å²) in [6.45, 7) is 4.66. The first kappa shape index (κ1) is 14.8. The molecule has 0 atom stereocenters. The van der Waals surface area contributed by atoms with Gasteiger partial charge in [0.2, 0.25) is 5.91 Å². The van der Waals surface area contributed by atoms with Gasteiger partial charge in [-0.15, -0.1) is 17.5 Å². The monoisotopic (exact) mass is 248 g/mol. The summed E-state index contributed by atoms with van der Waals surface area (Å²) >= 11 is 0. The molecule has 1 heterocycles. The fourth-order valence-electron chi connectivity index (χ4n) is 1.05. The lowest BCUT2D eigenvalue weighted by molar-refractivity contribution is -0.121. The molecule has 92 valence electrons. The van der Waals surface area contributed by atoms with Crippen molar-refractivity contribution in [3.63, 3.8) is 0 Å². The van der Waals surface area contributed by atoms with E-state index in [0.717, 1.165) is 19.5 Å². The van der Waals surface area contributed by atoms with Crippen LogP contribution in [0, 0.1) is 0 Å². The molecule has 1 aromatic rings. The molecule has 7 nitrogen and oxygen atoms in total. The first-order chi connectivity index (χ1) is 7.33. The fraction of sp³-hybridized carbons (Fsp3) is 0.750. The SMILES string of the molecule is CCCNCCNC(=O)Cn1cnnn1.Cl. The van der Waals surface area contributed by atoms with Crippen molar-refractivity contribution < 1.29 is 4.79 Å². The average molecular weight is 249 g/mol. The summed E-state index contributed by atoms with van der Waals surface area (Å²) in [5, 5.41) is 16.4. The van der Waals surface area contributed by atoms with Gasteiger partial charge < -0.3 is 10.6 Å². The summed E-state index contributed by atoms with van der Waals surface area (Å²) in [6.07, 6.45) is 2.51. The maximum absolute atomic E-state index is 11.3. The normalized spacial score (nSPS) is 9.56. The molecular formula is C8H17ClN6O. The predicted octanol–water partition coefficient (Wildman–Crippen LogP) is -0.789. The zero-order chi connectivity index (χ0) is 10.9. The molecule has 0 aromatic carbocycles. The Morgan fingerprint density at radius 1 is 1.38 bits per heavy atom. The highest BCUT2D eigenvalue weighted by atomic mass is 35.5. The van der Waals surface area contributed by atoms with Gasteiger partial charge in [0.05, 0.1) is 0 Å². The molecule has 0 aliphatic heterocycles. The Morgan fingerprint density at radius 2 is 2.19 bits per heavy atom. The van der Waals surface area contributed by atoms with Crippen LogP contribution in [0.15, 0.2) is 6.33 Å². The zero-order valence-electron chi connectivity index (χ0n) is 9.22. The van der Waals surface area contributed by atoms with E-state index in [2.05, 4.69) is 33.1 Å². The highest BCUT2D eigenvalue weighted by Gasteiger charge is 2.01. The van der Waals surface area contributed by atoms with Crippen molar-refractivity contribution in [2.24, 2.45) is 0 Å². The third kappa shape index (κ3) is 6.31. The van der Waals surface area contributed by atoms with Gasteiger partial charge in [0.15, 0.2) is 0 Å². The van der Waals surface area contributed by atoms with E-state index in [-0.39, 0.29) is 24.9 Å². The second kappa shape index (κ2) is 9.05. The van der Waals surface area contributed by atoms with Crippen LogP contribution in [-0.4, -0.2) is 45.7 Å². The Labute approximate surface area is 100 Å². The molecule has 0 fully saturated rings. The summed E-state index contributed by atoms with van der Waals surface area (Å²) in [5.41, 5.74) is 0. The Morgan fingerprint density at radius 3 is 2.81 bits per heavy atom. The summed E-state index contributed by atoms with van der Waals surface area (Å²) in [7, 11) is 0. The molecule has 0 aliphatic rings. The van der Waals surface area contributed by atoms with Gasteiger partial charge in [-0.1, -0.05) is 6.92 Å². The van der Waals surface area contributed by atoms with Crippen LogP contribution in [0.5, 0.6) is 0 Å². The molecule has 8 heteroatoms. The van der Waals surface area contributed by atoms with E-state index in [1.165, 1.54) is 11.0 Å². The van der Waals surface area contributed by atoms with Crippen molar-refractivity contribution in [2.75, 3.05) is 19.6 Å².